The Balaban J connectivity index is 1.72. The van der Waals surface area contributed by atoms with E-state index in [0.717, 1.165) is 18.4 Å². The Morgan fingerprint density at radius 2 is 1.96 bits per heavy atom. The van der Waals surface area contributed by atoms with Crippen LogP contribution in [0.2, 0.25) is 0 Å². The summed E-state index contributed by atoms with van der Waals surface area (Å²) in [4.78, 5) is 23.9. The quantitative estimate of drug-likeness (QED) is 0.678. The van der Waals surface area contributed by atoms with E-state index in [-0.39, 0.29) is 17.9 Å². The first kappa shape index (κ1) is 18.2. The highest BCUT2D eigenvalue weighted by molar-refractivity contribution is 7.08. The minimum absolute atomic E-state index is 0.0297. The van der Waals surface area contributed by atoms with Gasteiger partial charge in [0.1, 0.15) is 0 Å². The van der Waals surface area contributed by atoms with Crippen molar-refractivity contribution in [1.82, 2.24) is 10.6 Å². The summed E-state index contributed by atoms with van der Waals surface area (Å²) in [5, 5.41) is 9.63. The van der Waals surface area contributed by atoms with Crippen LogP contribution in [0.5, 0.6) is 0 Å². The highest BCUT2D eigenvalue weighted by atomic mass is 32.1. The van der Waals surface area contributed by atoms with Crippen molar-refractivity contribution in [2.75, 3.05) is 6.54 Å². The first-order chi connectivity index (χ1) is 11.7. The molecule has 0 fully saturated rings. The molecule has 1 aromatic heterocycles. The zero-order chi connectivity index (χ0) is 17.2. The molecular weight excluding hydrogens is 320 g/mol. The SMILES string of the molecule is CCCC(NC(=O)CCCNC(=O)c1ccsc1)c1ccccc1. The maximum absolute atomic E-state index is 12.2. The van der Waals surface area contributed by atoms with Crippen molar-refractivity contribution in [2.24, 2.45) is 0 Å². The minimum atomic E-state index is -0.0789. The van der Waals surface area contributed by atoms with Crippen LogP contribution in [0.25, 0.3) is 0 Å². The normalized spacial score (nSPS) is 11.7. The number of carbonyl (C=O) groups is 2. The van der Waals surface area contributed by atoms with Gasteiger partial charge in [-0.15, -0.1) is 0 Å². The van der Waals surface area contributed by atoms with Gasteiger partial charge in [0.05, 0.1) is 6.04 Å². The zero-order valence-corrected chi connectivity index (χ0v) is 14.8. The molecule has 128 valence electrons. The lowest BCUT2D eigenvalue weighted by molar-refractivity contribution is -0.122. The van der Waals surface area contributed by atoms with E-state index < -0.39 is 0 Å². The molecule has 2 amide bonds. The molecule has 0 aliphatic rings. The molecule has 1 atom stereocenters. The Morgan fingerprint density at radius 3 is 2.62 bits per heavy atom. The number of nitrogens with one attached hydrogen (secondary N) is 2. The third-order valence-corrected chi connectivity index (χ3v) is 4.45. The molecule has 0 aliphatic carbocycles. The molecule has 0 spiro atoms. The van der Waals surface area contributed by atoms with Crippen LogP contribution in [-0.2, 0) is 4.79 Å². The standard InChI is InChI=1S/C19H24N2O2S/c1-2-7-17(15-8-4-3-5-9-15)21-18(22)10-6-12-20-19(23)16-11-13-24-14-16/h3-5,8-9,11,13-14,17H,2,6-7,10,12H2,1H3,(H,20,23)(H,21,22). The van der Waals surface area contributed by atoms with E-state index in [2.05, 4.69) is 17.6 Å². The molecule has 0 aliphatic heterocycles. The van der Waals surface area contributed by atoms with Crippen molar-refractivity contribution in [3.05, 3.63) is 58.3 Å². The van der Waals surface area contributed by atoms with Gasteiger partial charge in [-0.25, -0.2) is 0 Å². The van der Waals surface area contributed by atoms with Crippen molar-refractivity contribution in [3.63, 3.8) is 0 Å². The van der Waals surface area contributed by atoms with Gasteiger partial charge in [-0.1, -0.05) is 43.7 Å². The van der Waals surface area contributed by atoms with E-state index in [4.69, 9.17) is 0 Å². The fourth-order valence-corrected chi connectivity index (χ4v) is 3.15. The lowest BCUT2D eigenvalue weighted by atomic mass is 10.0. The number of amides is 2. The van der Waals surface area contributed by atoms with Crippen molar-refractivity contribution in [1.29, 1.82) is 0 Å². The summed E-state index contributed by atoms with van der Waals surface area (Å²) in [6, 6.07) is 11.9. The molecule has 1 heterocycles. The van der Waals surface area contributed by atoms with Crippen molar-refractivity contribution in [3.8, 4) is 0 Å². The van der Waals surface area contributed by atoms with Crippen LogP contribution in [0.15, 0.2) is 47.2 Å². The Kier molecular flexibility index (Phi) is 7.49. The molecule has 0 radical (unpaired) electrons. The molecule has 4 nitrogen and oxygen atoms in total. The summed E-state index contributed by atoms with van der Waals surface area (Å²) in [7, 11) is 0. The second-order valence-electron chi connectivity index (χ2n) is 5.69. The number of rotatable bonds is 9. The van der Waals surface area contributed by atoms with Gasteiger partial charge in [0.2, 0.25) is 5.91 Å². The monoisotopic (exact) mass is 344 g/mol. The molecule has 2 rings (SSSR count). The van der Waals surface area contributed by atoms with E-state index in [1.54, 1.807) is 6.07 Å². The molecular formula is C19H24N2O2S. The summed E-state index contributed by atoms with van der Waals surface area (Å²) in [6.45, 7) is 2.62. The van der Waals surface area contributed by atoms with Crippen molar-refractivity contribution >= 4 is 23.2 Å². The van der Waals surface area contributed by atoms with Gasteiger partial charge in [0.15, 0.2) is 0 Å². The summed E-state index contributed by atoms with van der Waals surface area (Å²) >= 11 is 1.50. The summed E-state index contributed by atoms with van der Waals surface area (Å²) in [6.07, 6.45) is 2.98. The largest absolute Gasteiger partial charge is 0.352 e. The van der Waals surface area contributed by atoms with Crippen LogP contribution in [0.3, 0.4) is 0 Å². The highest BCUT2D eigenvalue weighted by Gasteiger charge is 2.13. The van der Waals surface area contributed by atoms with Gasteiger partial charge in [0, 0.05) is 23.9 Å². The third-order valence-electron chi connectivity index (χ3n) is 3.76. The van der Waals surface area contributed by atoms with Crippen molar-refractivity contribution in [2.45, 2.75) is 38.6 Å². The highest BCUT2D eigenvalue weighted by Crippen LogP contribution is 2.18. The predicted octanol–water partition coefficient (Wildman–Crippen LogP) is 3.92. The maximum atomic E-state index is 12.2. The fourth-order valence-electron chi connectivity index (χ4n) is 2.51. The van der Waals surface area contributed by atoms with Crippen LogP contribution in [0.4, 0.5) is 0 Å². The summed E-state index contributed by atoms with van der Waals surface area (Å²) < 4.78 is 0. The van der Waals surface area contributed by atoms with Gasteiger partial charge in [-0.05, 0) is 29.9 Å². The Labute approximate surface area is 147 Å². The number of thiophene rings is 1. The molecule has 24 heavy (non-hydrogen) atoms. The van der Waals surface area contributed by atoms with E-state index in [1.165, 1.54) is 11.3 Å². The van der Waals surface area contributed by atoms with Gasteiger partial charge >= 0.3 is 0 Å². The van der Waals surface area contributed by atoms with E-state index in [9.17, 15) is 9.59 Å². The minimum Gasteiger partial charge on any atom is -0.352 e. The molecule has 0 bridgehead atoms. The Hall–Kier alpha value is -2.14. The first-order valence-electron chi connectivity index (χ1n) is 8.35. The van der Waals surface area contributed by atoms with Crippen LogP contribution in [-0.4, -0.2) is 18.4 Å². The average molecular weight is 344 g/mol. The van der Waals surface area contributed by atoms with Crippen molar-refractivity contribution < 1.29 is 9.59 Å². The lowest BCUT2D eigenvalue weighted by Gasteiger charge is -2.18. The summed E-state index contributed by atoms with van der Waals surface area (Å²) in [5.74, 6) is -0.0492. The second-order valence-corrected chi connectivity index (χ2v) is 6.47. The third kappa shape index (κ3) is 5.81. The summed E-state index contributed by atoms with van der Waals surface area (Å²) in [5.41, 5.74) is 1.81. The first-order valence-corrected chi connectivity index (χ1v) is 9.29. The maximum Gasteiger partial charge on any atom is 0.252 e. The number of benzene rings is 1. The van der Waals surface area contributed by atoms with Crippen LogP contribution >= 0.6 is 11.3 Å². The predicted molar refractivity (Wildman–Crippen MR) is 98.1 cm³/mol. The number of carbonyl (C=O) groups excluding carboxylic acids is 2. The molecule has 2 N–H and O–H groups in total. The molecule has 1 aromatic carbocycles. The molecule has 1 unspecified atom stereocenters. The van der Waals surface area contributed by atoms with Gasteiger partial charge in [-0.3, -0.25) is 9.59 Å². The van der Waals surface area contributed by atoms with Gasteiger partial charge < -0.3 is 10.6 Å². The van der Waals surface area contributed by atoms with E-state index in [1.807, 2.05) is 41.1 Å². The smallest absolute Gasteiger partial charge is 0.252 e. The van der Waals surface area contributed by atoms with E-state index in [0.29, 0.717) is 24.9 Å². The zero-order valence-electron chi connectivity index (χ0n) is 14.0. The average Bonchev–Trinajstić information content (AvgIpc) is 3.14. The Morgan fingerprint density at radius 1 is 1.17 bits per heavy atom. The molecule has 0 saturated heterocycles. The van der Waals surface area contributed by atoms with Crippen LogP contribution < -0.4 is 10.6 Å². The van der Waals surface area contributed by atoms with Gasteiger partial charge in [-0.2, -0.15) is 11.3 Å². The number of hydrogen-bond donors (Lipinski definition) is 2. The second kappa shape index (κ2) is 9.88. The van der Waals surface area contributed by atoms with Crippen LogP contribution in [0.1, 0.15) is 54.6 Å². The van der Waals surface area contributed by atoms with Crippen LogP contribution in [0, 0.1) is 0 Å². The molecule has 2 aromatic rings. The molecule has 5 heteroatoms. The Bertz CT molecular complexity index is 626. The number of hydrogen-bond acceptors (Lipinski definition) is 3. The fraction of sp³-hybridized carbons (Fsp3) is 0.368. The van der Waals surface area contributed by atoms with E-state index >= 15 is 0 Å². The lowest BCUT2D eigenvalue weighted by Crippen LogP contribution is -2.30. The van der Waals surface area contributed by atoms with Gasteiger partial charge in [0.25, 0.3) is 5.91 Å². The molecule has 0 saturated carbocycles. The topological polar surface area (TPSA) is 58.2 Å².